The van der Waals surface area contributed by atoms with Crippen LogP contribution in [0.25, 0.3) is 116 Å². The quantitative estimate of drug-likeness (QED) is 0.168. The number of benzene rings is 8. The highest BCUT2D eigenvalue weighted by molar-refractivity contribution is 7.26. The SMILES string of the molecule is C1=Cc2c(n(-c3ccccc3)c3c2ccc2c4cc(-c5ccc6sc7cccc(-c8nc(-c9ccccc9)nc(-c9ccccc9)n8)c7c6c5)ccc4n(-c4ccccc4)c23)CC1. The summed E-state index contributed by atoms with van der Waals surface area (Å²) in [6.07, 6.45) is 6.70. The monoisotopic (exact) mass is 823 g/mol. The van der Waals surface area contributed by atoms with E-state index < -0.39 is 0 Å². The van der Waals surface area contributed by atoms with Crippen LogP contribution < -0.4 is 0 Å². The van der Waals surface area contributed by atoms with Gasteiger partial charge in [-0.05, 0) is 78.6 Å². The summed E-state index contributed by atoms with van der Waals surface area (Å²) in [6, 6.07) is 67.2. The molecule has 1 aliphatic rings. The normalized spacial score (nSPS) is 12.6. The van der Waals surface area contributed by atoms with Gasteiger partial charge in [-0.1, -0.05) is 146 Å². The van der Waals surface area contributed by atoms with E-state index in [-0.39, 0.29) is 0 Å². The molecule has 0 saturated heterocycles. The van der Waals surface area contributed by atoms with Crippen LogP contribution in [0.4, 0.5) is 0 Å². The van der Waals surface area contributed by atoms with Crippen molar-refractivity contribution >= 4 is 70.3 Å². The zero-order chi connectivity index (χ0) is 41.4. The van der Waals surface area contributed by atoms with Gasteiger partial charge in [0.2, 0.25) is 0 Å². The van der Waals surface area contributed by atoms with E-state index in [9.17, 15) is 0 Å². The molecule has 0 N–H and O–H groups in total. The van der Waals surface area contributed by atoms with Crippen LogP contribution in [-0.4, -0.2) is 24.1 Å². The minimum atomic E-state index is 0.657. The van der Waals surface area contributed by atoms with Crippen molar-refractivity contribution in [2.75, 3.05) is 0 Å². The highest BCUT2D eigenvalue weighted by Gasteiger charge is 2.25. The molecule has 0 radical (unpaired) electrons. The van der Waals surface area contributed by atoms with Crippen molar-refractivity contribution in [1.29, 1.82) is 0 Å². The number of para-hydroxylation sites is 2. The first-order chi connectivity index (χ1) is 31.2. The molecule has 296 valence electrons. The van der Waals surface area contributed by atoms with Gasteiger partial charge in [0, 0.05) is 75.7 Å². The second-order valence-electron chi connectivity index (χ2n) is 16.3. The molecular weight excluding hydrogens is 787 g/mol. The van der Waals surface area contributed by atoms with Gasteiger partial charge in [0.05, 0.1) is 16.6 Å². The van der Waals surface area contributed by atoms with Crippen molar-refractivity contribution in [2.24, 2.45) is 0 Å². The Hall–Kier alpha value is -7.93. The Morgan fingerprint density at radius 3 is 1.71 bits per heavy atom. The molecule has 0 aliphatic heterocycles. The van der Waals surface area contributed by atoms with E-state index in [1.807, 2.05) is 47.7 Å². The molecule has 12 aromatic rings. The van der Waals surface area contributed by atoms with Gasteiger partial charge in [0.1, 0.15) is 0 Å². The van der Waals surface area contributed by atoms with Gasteiger partial charge in [-0.3, -0.25) is 0 Å². The average molecular weight is 824 g/mol. The Bertz CT molecular complexity index is 3710. The highest BCUT2D eigenvalue weighted by Crippen LogP contribution is 2.45. The molecule has 0 fully saturated rings. The smallest absolute Gasteiger partial charge is 0.164 e. The number of allylic oxidation sites excluding steroid dienone is 1. The van der Waals surface area contributed by atoms with Crippen molar-refractivity contribution in [3.63, 3.8) is 0 Å². The van der Waals surface area contributed by atoms with Gasteiger partial charge < -0.3 is 9.13 Å². The van der Waals surface area contributed by atoms with Crippen LogP contribution in [0.2, 0.25) is 0 Å². The van der Waals surface area contributed by atoms with Crippen molar-refractivity contribution < 1.29 is 0 Å². The molecule has 63 heavy (non-hydrogen) atoms. The van der Waals surface area contributed by atoms with Crippen LogP contribution in [0.3, 0.4) is 0 Å². The average Bonchev–Trinajstić information content (AvgIpc) is 4.02. The number of rotatable bonds is 6. The molecular formula is C57H37N5S. The molecule has 8 aromatic carbocycles. The molecule has 0 unspecified atom stereocenters. The maximum Gasteiger partial charge on any atom is 0.164 e. The molecule has 6 heteroatoms. The zero-order valence-corrected chi connectivity index (χ0v) is 34.9. The standard InChI is InChI=1S/C57H37N5S/c1-5-16-36(17-6-1)55-58-56(37-18-7-2-8-19-37)60-57(59-55)45-25-15-27-51-52(45)47-35-39(29-33-50(47)63-51)38-28-32-49-46(34-38)44-31-30-43-42-24-13-14-26-48(42)61(40-20-9-3-10-21-40)53(43)54(44)62(49)41-22-11-4-12-23-41/h1-13,15-25,27-35H,14,26H2. The molecule has 0 spiro atoms. The third kappa shape index (κ3) is 5.72. The predicted molar refractivity (Wildman–Crippen MR) is 263 cm³/mol. The number of hydrogen-bond acceptors (Lipinski definition) is 4. The summed E-state index contributed by atoms with van der Waals surface area (Å²) >= 11 is 1.81. The van der Waals surface area contributed by atoms with Gasteiger partial charge >= 0.3 is 0 Å². The Morgan fingerprint density at radius 1 is 0.429 bits per heavy atom. The Labute approximate surface area is 367 Å². The van der Waals surface area contributed by atoms with E-state index in [0.717, 1.165) is 40.6 Å². The van der Waals surface area contributed by atoms with Crippen LogP contribution in [0, 0.1) is 0 Å². The molecule has 1 aliphatic carbocycles. The number of hydrogen-bond donors (Lipinski definition) is 0. The summed E-state index contributed by atoms with van der Waals surface area (Å²) in [6.45, 7) is 0. The third-order valence-electron chi connectivity index (χ3n) is 12.6. The van der Waals surface area contributed by atoms with E-state index >= 15 is 0 Å². The first-order valence-corrected chi connectivity index (χ1v) is 22.3. The molecule has 0 saturated carbocycles. The molecule has 0 amide bonds. The van der Waals surface area contributed by atoms with Crippen molar-refractivity contribution in [3.05, 3.63) is 205 Å². The summed E-state index contributed by atoms with van der Waals surface area (Å²) in [5.41, 5.74) is 13.9. The second kappa shape index (κ2) is 14.3. The van der Waals surface area contributed by atoms with Crippen LogP contribution in [0.1, 0.15) is 17.7 Å². The largest absolute Gasteiger partial charge is 0.311 e. The molecule has 0 bridgehead atoms. The lowest BCUT2D eigenvalue weighted by Crippen LogP contribution is -2.03. The van der Waals surface area contributed by atoms with Crippen LogP contribution in [0.5, 0.6) is 0 Å². The Balaban J connectivity index is 1.03. The summed E-state index contributed by atoms with van der Waals surface area (Å²) in [5.74, 6) is 1.98. The summed E-state index contributed by atoms with van der Waals surface area (Å²) in [4.78, 5) is 15.3. The number of aromatic nitrogens is 5. The van der Waals surface area contributed by atoms with Gasteiger partial charge in [0.15, 0.2) is 17.5 Å². The van der Waals surface area contributed by atoms with Gasteiger partial charge in [-0.2, -0.15) is 0 Å². The fourth-order valence-corrected chi connectivity index (χ4v) is 10.9. The second-order valence-corrected chi connectivity index (χ2v) is 17.3. The van der Waals surface area contributed by atoms with E-state index in [0.29, 0.717) is 17.5 Å². The third-order valence-corrected chi connectivity index (χ3v) is 13.8. The van der Waals surface area contributed by atoms with Crippen molar-refractivity contribution in [2.45, 2.75) is 12.8 Å². The summed E-state index contributed by atoms with van der Waals surface area (Å²) in [7, 11) is 0. The van der Waals surface area contributed by atoms with Crippen LogP contribution >= 0.6 is 11.3 Å². The summed E-state index contributed by atoms with van der Waals surface area (Å²) in [5, 5.41) is 6.10. The van der Waals surface area contributed by atoms with Gasteiger partial charge in [0.25, 0.3) is 0 Å². The van der Waals surface area contributed by atoms with Crippen molar-refractivity contribution in [3.8, 4) is 56.7 Å². The predicted octanol–water partition coefficient (Wildman–Crippen LogP) is 14.9. The fraction of sp³-hybridized carbons (Fsp3) is 0.0351. The van der Waals surface area contributed by atoms with E-state index in [1.54, 1.807) is 0 Å². The topological polar surface area (TPSA) is 48.5 Å². The lowest BCUT2D eigenvalue weighted by molar-refractivity contribution is 0.889. The van der Waals surface area contributed by atoms with E-state index in [2.05, 4.69) is 173 Å². The highest BCUT2D eigenvalue weighted by atomic mass is 32.1. The van der Waals surface area contributed by atoms with Crippen LogP contribution in [-0.2, 0) is 6.42 Å². The molecule has 5 nitrogen and oxygen atoms in total. The van der Waals surface area contributed by atoms with Crippen molar-refractivity contribution in [1.82, 2.24) is 24.1 Å². The molecule has 4 aromatic heterocycles. The summed E-state index contributed by atoms with van der Waals surface area (Å²) < 4.78 is 7.44. The Morgan fingerprint density at radius 2 is 1.02 bits per heavy atom. The van der Waals surface area contributed by atoms with Gasteiger partial charge in [-0.15, -0.1) is 11.3 Å². The molecule has 4 heterocycles. The van der Waals surface area contributed by atoms with Gasteiger partial charge in [-0.25, -0.2) is 15.0 Å². The lowest BCUT2D eigenvalue weighted by atomic mass is 9.98. The number of thiophene rings is 1. The minimum Gasteiger partial charge on any atom is -0.311 e. The number of fused-ring (bicyclic) bond motifs is 10. The first-order valence-electron chi connectivity index (χ1n) is 21.5. The van der Waals surface area contributed by atoms with Crippen LogP contribution in [0.15, 0.2) is 194 Å². The lowest BCUT2D eigenvalue weighted by Gasteiger charge is -2.15. The number of nitrogens with zero attached hydrogens (tertiary/aromatic N) is 5. The van der Waals surface area contributed by atoms with E-state index in [4.69, 9.17) is 15.0 Å². The zero-order valence-electron chi connectivity index (χ0n) is 34.1. The molecule has 13 rings (SSSR count). The maximum absolute atomic E-state index is 5.15. The Kier molecular flexibility index (Phi) is 8.14. The maximum atomic E-state index is 5.15. The molecule has 0 atom stereocenters. The minimum absolute atomic E-state index is 0.657. The van der Waals surface area contributed by atoms with E-state index in [1.165, 1.54) is 75.6 Å². The fourth-order valence-electron chi connectivity index (χ4n) is 9.81. The first kappa shape index (κ1) is 35.8.